The first-order chi connectivity index (χ1) is 8.69. The molecule has 0 saturated carbocycles. The van der Waals surface area contributed by atoms with Gasteiger partial charge in [0.05, 0.1) is 11.3 Å². The number of hydrogen-bond donors (Lipinski definition) is 1. The van der Waals surface area contributed by atoms with Crippen molar-refractivity contribution in [1.29, 1.82) is 0 Å². The van der Waals surface area contributed by atoms with E-state index < -0.39 is 27.5 Å². The van der Waals surface area contributed by atoms with Crippen molar-refractivity contribution in [2.24, 2.45) is 0 Å². The molecule has 0 amide bonds. The van der Waals surface area contributed by atoms with Crippen LogP contribution in [0.25, 0.3) is 11.0 Å². The number of hydrogen-bond acceptors (Lipinski definition) is 4. The van der Waals surface area contributed by atoms with Crippen LogP contribution in [0.4, 0.5) is 14.7 Å². The van der Waals surface area contributed by atoms with Crippen LogP contribution in [0.15, 0.2) is 12.1 Å². The minimum atomic E-state index is -3.25. The van der Waals surface area contributed by atoms with E-state index >= 15 is 0 Å². The number of nitrogens with zero attached hydrogens (tertiary/aromatic N) is 2. The molecule has 19 heavy (non-hydrogen) atoms. The van der Waals surface area contributed by atoms with Gasteiger partial charge in [-0.2, -0.15) is 0 Å². The third-order valence-electron chi connectivity index (χ3n) is 2.73. The van der Waals surface area contributed by atoms with E-state index in [9.17, 15) is 17.2 Å². The van der Waals surface area contributed by atoms with Crippen molar-refractivity contribution in [2.45, 2.75) is 13.0 Å². The van der Waals surface area contributed by atoms with Crippen LogP contribution >= 0.6 is 0 Å². The zero-order valence-corrected chi connectivity index (χ0v) is 11.2. The maximum atomic E-state index is 13.6. The molecule has 2 N–H and O–H groups in total. The lowest BCUT2D eigenvalue weighted by molar-refractivity contribution is 0.569. The Hall–Kier alpha value is -1.70. The number of anilines is 1. The van der Waals surface area contributed by atoms with Crippen molar-refractivity contribution in [3.8, 4) is 0 Å². The summed E-state index contributed by atoms with van der Waals surface area (Å²) in [6.45, 7) is 1.60. The molecule has 0 fully saturated rings. The highest BCUT2D eigenvalue weighted by Crippen LogP contribution is 2.26. The molecule has 5 nitrogen and oxygen atoms in total. The Morgan fingerprint density at radius 2 is 2.05 bits per heavy atom. The summed E-state index contributed by atoms with van der Waals surface area (Å²) in [5, 5.41) is 0. The van der Waals surface area contributed by atoms with Crippen LogP contribution in [0.3, 0.4) is 0 Å². The molecule has 0 aliphatic rings. The van der Waals surface area contributed by atoms with Crippen LogP contribution in [0, 0.1) is 11.6 Å². The number of halogens is 2. The Labute approximate surface area is 109 Å². The zero-order valence-electron chi connectivity index (χ0n) is 10.4. The molecule has 0 aliphatic heterocycles. The van der Waals surface area contributed by atoms with Gasteiger partial charge in [-0.05, 0) is 6.92 Å². The van der Waals surface area contributed by atoms with Crippen molar-refractivity contribution in [3.05, 3.63) is 23.8 Å². The van der Waals surface area contributed by atoms with Gasteiger partial charge in [0, 0.05) is 24.4 Å². The molecule has 1 unspecified atom stereocenters. The second-order valence-corrected chi connectivity index (χ2v) is 6.72. The highest BCUT2D eigenvalue weighted by molar-refractivity contribution is 7.90. The summed E-state index contributed by atoms with van der Waals surface area (Å²) in [6, 6.07) is 1.22. The van der Waals surface area contributed by atoms with Crippen LogP contribution in [0.1, 0.15) is 13.0 Å². The largest absolute Gasteiger partial charge is 0.369 e. The average Bonchev–Trinajstić information content (AvgIpc) is 2.52. The average molecular weight is 289 g/mol. The zero-order chi connectivity index (χ0) is 14.4. The number of rotatable bonds is 3. The summed E-state index contributed by atoms with van der Waals surface area (Å²) in [6.07, 6.45) is 1.08. The number of nitrogen functional groups attached to an aromatic ring is 1. The summed E-state index contributed by atoms with van der Waals surface area (Å²) in [5.74, 6) is -1.83. The highest BCUT2D eigenvalue weighted by atomic mass is 32.2. The third-order valence-corrected chi connectivity index (χ3v) is 3.81. The third kappa shape index (κ3) is 2.67. The van der Waals surface area contributed by atoms with Crippen molar-refractivity contribution in [2.75, 3.05) is 17.7 Å². The van der Waals surface area contributed by atoms with E-state index in [1.54, 1.807) is 6.92 Å². The van der Waals surface area contributed by atoms with Crippen molar-refractivity contribution in [1.82, 2.24) is 9.55 Å². The first-order valence-corrected chi connectivity index (χ1v) is 7.55. The van der Waals surface area contributed by atoms with Crippen LogP contribution in [-0.2, 0) is 9.84 Å². The van der Waals surface area contributed by atoms with Crippen LogP contribution < -0.4 is 5.73 Å². The first-order valence-electron chi connectivity index (χ1n) is 5.49. The van der Waals surface area contributed by atoms with Crippen molar-refractivity contribution >= 4 is 26.8 Å². The molecule has 0 bridgehead atoms. The fourth-order valence-electron chi connectivity index (χ4n) is 2.11. The molecule has 0 spiro atoms. The van der Waals surface area contributed by atoms with Gasteiger partial charge in [-0.25, -0.2) is 22.2 Å². The second kappa shape index (κ2) is 4.44. The topological polar surface area (TPSA) is 78.0 Å². The van der Waals surface area contributed by atoms with Gasteiger partial charge in [-0.15, -0.1) is 0 Å². The van der Waals surface area contributed by atoms with Gasteiger partial charge in [-0.1, -0.05) is 0 Å². The van der Waals surface area contributed by atoms with Crippen LogP contribution in [0.2, 0.25) is 0 Å². The van der Waals surface area contributed by atoms with E-state index in [1.807, 2.05) is 0 Å². The van der Waals surface area contributed by atoms with Gasteiger partial charge >= 0.3 is 0 Å². The second-order valence-electron chi connectivity index (χ2n) is 4.54. The quantitative estimate of drug-likeness (QED) is 0.929. The lowest BCUT2D eigenvalue weighted by Gasteiger charge is -2.14. The lowest BCUT2D eigenvalue weighted by Crippen LogP contribution is -2.18. The SMILES string of the molecule is CC(CS(C)(=O)=O)n1c(N)nc2c(F)cc(F)cc21. The number of sulfone groups is 1. The molecule has 1 aromatic carbocycles. The Kier molecular flexibility index (Phi) is 3.21. The Morgan fingerprint density at radius 1 is 1.42 bits per heavy atom. The monoisotopic (exact) mass is 289 g/mol. The smallest absolute Gasteiger partial charge is 0.201 e. The molecule has 2 aromatic rings. The van der Waals surface area contributed by atoms with Crippen LogP contribution in [0.5, 0.6) is 0 Å². The fraction of sp³-hybridized carbons (Fsp3) is 0.364. The van der Waals surface area contributed by atoms with E-state index in [0.29, 0.717) is 6.07 Å². The van der Waals surface area contributed by atoms with Gasteiger partial charge < -0.3 is 10.3 Å². The van der Waals surface area contributed by atoms with Crippen molar-refractivity contribution < 1.29 is 17.2 Å². The maximum Gasteiger partial charge on any atom is 0.201 e. The van der Waals surface area contributed by atoms with Crippen LogP contribution in [-0.4, -0.2) is 30.0 Å². The molecule has 0 radical (unpaired) electrons. The fourth-order valence-corrected chi connectivity index (χ4v) is 3.14. The first kappa shape index (κ1) is 13.7. The molecule has 0 aliphatic carbocycles. The minimum Gasteiger partial charge on any atom is -0.369 e. The Balaban J connectivity index is 2.63. The number of aromatic nitrogens is 2. The van der Waals surface area contributed by atoms with Gasteiger partial charge in [0.1, 0.15) is 21.2 Å². The predicted octanol–water partition coefficient (Wildman–Crippen LogP) is 1.50. The number of nitrogens with two attached hydrogens (primary N) is 1. The summed E-state index contributed by atoms with van der Waals surface area (Å²) >= 11 is 0. The van der Waals surface area contributed by atoms with E-state index in [1.165, 1.54) is 4.57 Å². The summed E-state index contributed by atoms with van der Waals surface area (Å²) in [5.41, 5.74) is 5.73. The molecule has 1 heterocycles. The summed E-state index contributed by atoms with van der Waals surface area (Å²) in [4.78, 5) is 3.81. The van der Waals surface area contributed by atoms with Crippen molar-refractivity contribution in [3.63, 3.8) is 0 Å². The highest BCUT2D eigenvalue weighted by Gasteiger charge is 2.20. The number of fused-ring (bicyclic) bond motifs is 1. The van der Waals surface area contributed by atoms with E-state index in [0.717, 1.165) is 12.3 Å². The van der Waals surface area contributed by atoms with Gasteiger partial charge in [0.2, 0.25) is 5.95 Å². The summed E-state index contributed by atoms with van der Waals surface area (Å²) in [7, 11) is -3.25. The molecule has 1 atom stereocenters. The Bertz CT molecular complexity index is 740. The minimum absolute atomic E-state index is 0.0457. The number of benzene rings is 1. The predicted molar refractivity (Wildman–Crippen MR) is 68.5 cm³/mol. The Morgan fingerprint density at radius 3 is 2.63 bits per heavy atom. The van der Waals surface area contributed by atoms with Gasteiger partial charge in [0.25, 0.3) is 0 Å². The molecule has 2 rings (SSSR count). The van der Waals surface area contributed by atoms with E-state index in [-0.39, 0.29) is 22.7 Å². The molecule has 104 valence electrons. The van der Waals surface area contributed by atoms with Gasteiger partial charge in [-0.3, -0.25) is 0 Å². The molecule has 1 aromatic heterocycles. The molecule has 0 saturated heterocycles. The lowest BCUT2D eigenvalue weighted by atomic mass is 10.2. The van der Waals surface area contributed by atoms with E-state index in [4.69, 9.17) is 5.73 Å². The summed E-state index contributed by atoms with van der Waals surface area (Å²) < 4.78 is 50.7. The number of imidazole rings is 1. The maximum absolute atomic E-state index is 13.6. The van der Waals surface area contributed by atoms with Gasteiger partial charge in [0.15, 0.2) is 5.82 Å². The molecular formula is C11H13F2N3O2S. The molecular weight excluding hydrogens is 276 g/mol. The van der Waals surface area contributed by atoms with E-state index in [2.05, 4.69) is 4.98 Å². The normalized spacial score (nSPS) is 13.9. The standard InChI is InChI=1S/C11H13F2N3O2S/c1-6(5-19(2,17)18)16-9-4-7(12)3-8(13)10(9)15-11(16)14/h3-4,6H,5H2,1-2H3,(H2,14,15). The molecule has 8 heteroatoms.